The summed E-state index contributed by atoms with van der Waals surface area (Å²) in [5.74, 6) is 0.393. The van der Waals surface area contributed by atoms with Crippen molar-refractivity contribution in [3.05, 3.63) is 70.8 Å². The summed E-state index contributed by atoms with van der Waals surface area (Å²) in [4.78, 5) is 27.9. The number of amides is 2. The van der Waals surface area contributed by atoms with Crippen molar-refractivity contribution in [2.75, 3.05) is 19.6 Å². The molecule has 1 heterocycles. The molecule has 3 rings (SSSR count). The lowest BCUT2D eigenvalue weighted by atomic mass is 9.88. The van der Waals surface area contributed by atoms with Crippen molar-refractivity contribution in [2.24, 2.45) is 11.8 Å². The Hall–Kier alpha value is -2.62. The van der Waals surface area contributed by atoms with Gasteiger partial charge in [0, 0.05) is 31.1 Å². The van der Waals surface area contributed by atoms with Crippen molar-refractivity contribution in [1.29, 1.82) is 0 Å². The highest BCUT2D eigenvalue weighted by Gasteiger charge is 2.40. The average molecular weight is 393 g/mol. The third-order valence-corrected chi connectivity index (χ3v) is 5.77. The molecule has 2 atom stereocenters. The lowest BCUT2D eigenvalue weighted by Gasteiger charge is -2.18. The molecule has 1 aliphatic heterocycles. The number of carbonyl (C=O) groups is 2. The molecule has 1 fully saturated rings. The number of aryl methyl sites for hydroxylation is 2. The first-order valence-electron chi connectivity index (χ1n) is 10.6. The van der Waals surface area contributed by atoms with Crippen LogP contribution in [0.1, 0.15) is 53.2 Å². The van der Waals surface area contributed by atoms with E-state index >= 15 is 0 Å². The van der Waals surface area contributed by atoms with Crippen LogP contribution in [-0.2, 0) is 4.79 Å². The highest BCUT2D eigenvalue weighted by Crippen LogP contribution is 2.34. The SMILES string of the molecule is Cc1ccc(C(=O)N2CC(C(=O)NCCC(C)C)C(c3ccc(C)cc3)C2)cc1. The summed E-state index contributed by atoms with van der Waals surface area (Å²) >= 11 is 0. The maximum atomic E-state index is 13.1. The van der Waals surface area contributed by atoms with Gasteiger partial charge < -0.3 is 10.2 Å². The van der Waals surface area contributed by atoms with E-state index in [2.05, 4.69) is 50.4 Å². The Morgan fingerprint density at radius 1 is 0.966 bits per heavy atom. The number of nitrogens with one attached hydrogen (secondary N) is 1. The van der Waals surface area contributed by atoms with Crippen LogP contribution in [-0.4, -0.2) is 36.3 Å². The molecular weight excluding hydrogens is 360 g/mol. The topological polar surface area (TPSA) is 49.4 Å². The van der Waals surface area contributed by atoms with Crippen LogP contribution in [0.4, 0.5) is 0 Å². The zero-order valence-corrected chi connectivity index (χ0v) is 17.9. The summed E-state index contributed by atoms with van der Waals surface area (Å²) in [7, 11) is 0. The molecule has 154 valence electrons. The second kappa shape index (κ2) is 9.25. The molecule has 0 radical (unpaired) electrons. The van der Waals surface area contributed by atoms with Gasteiger partial charge in [0.15, 0.2) is 0 Å². The fourth-order valence-electron chi connectivity index (χ4n) is 3.88. The summed E-state index contributed by atoms with van der Waals surface area (Å²) in [6.07, 6.45) is 0.958. The van der Waals surface area contributed by atoms with Crippen molar-refractivity contribution >= 4 is 11.8 Å². The minimum Gasteiger partial charge on any atom is -0.356 e. The second-order valence-electron chi connectivity index (χ2n) is 8.67. The van der Waals surface area contributed by atoms with Gasteiger partial charge in [-0.25, -0.2) is 0 Å². The third-order valence-electron chi connectivity index (χ3n) is 5.77. The molecule has 4 heteroatoms. The van der Waals surface area contributed by atoms with Crippen LogP contribution in [0.25, 0.3) is 0 Å². The van der Waals surface area contributed by atoms with Crippen LogP contribution in [0.3, 0.4) is 0 Å². The molecule has 0 aliphatic carbocycles. The molecule has 2 aromatic rings. The highest BCUT2D eigenvalue weighted by molar-refractivity contribution is 5.95. The van der Waals surface area contributed by atoms with Crippen molar-refractivity contribution in [1.82, 2.24) is 10.2 Å². The fraction of sp³-hybridized carbons (Fsp3) is 0.440. The van der Waals surface area contributed by atoms with E-state index in [0.717, 1.165) is 17.5 Å². The molecule has 2 aromatic carbocycles. The van der Waals surface area contributed by atoms with Crippen molar-refractivity contribution < 1.29 is 9.59 Å². The van der Waals surface area contributed by atoms with Crippen molar-refractivity contribution in [3.63, 3.8) is 0 Å². The number of hydrogen-bond acceptors (Lipinski definition) is 2. The molecule has 0 saturated carbocycles. The maximum absolute atomic E-state index is 13.1. The Kier molecular flexibility index (Phi) is 6.73. The van der Waals surface area contributed by atoms with E-state index in [-0.39, 0.29) is 23.7 Å². The first-order valence-corrected chi connectivity index (χ1v) is 10.6. The van der Waals surface area contributed by atoms with Gasteiger partial charge in [-0.15, -0.1) is 0 Å². The molecule has 1 aliphatic rings. The third kappa shape index (κ3) is 5.26. The minimum absolute atomic E-state index is 0.000378. The van der Waals surface area contributed by atoms with Crippen LogP contribution < -0.4 is 5.32 Å². The van der Waals surface area contributed by atoms with Crippen LogP contribution >= 0.6 is 0 Å². The summed E-state index contributed by atoms with van der Waals surface area (Å²) in [5, 5.41) is 3.10. The van der Waals surface area contributed by atoms with Crippen molar-refractivity contribution in [2.45, 2.75) is 40.0 Å². The Morgan fingerprint density at radius 2 is 1.55 bits per heavy atom. The van der Waals surface area contributed by atoms with Crippen LogP contribution in [0, 0.1) is 25.7 Å². The number of nitrogens with zero attached hydrogens (tertiary/aromatic N) is 1. The van der Waals surface area contributed by atoms with Gasteiger partial charge in [0.05, 0.1) is 5.92 Å². The number of carbonyl (C=O) groups excluding carboxylic acids is 2. The molecule has 0 spiro atoms. The Balaban J connectivity index is 1.79. The molecule has 0 bridgehead atoms. The molecule has 2 amide bonds. The number of rotatable bonds is 6. The largest absolute Gasteiger partial charge is 0.356 e. The Bertz CT molecular complexity index is 840. The first-order chi connectivity index (χ1) is 13.8. The molecule has 0 aromatic heterocycles. The standard InChI is InChI=1S/C25H32N2O2/c1-17(2)13-14-26-24(28)23-16-27(25(29)21-11-7-19(4)8-12-21)15-22(23)20-9-5-18(3)6-10-20/h5-12,17,22-23H,13-16H2,1-4H3,(H,26,28). The molecule has 4 nitrogen and oxygen atoms in total. The van der Waals surface area contributed by atoms with Gasteiger partial charge in [-0.1, -0.05) is 61.4 Å². The van der Waals surface area contributed by atoms with E-state index in [1.807, 2.05) is 36.1 Å². The predicted molar refractivity (Wildman–Crippen MR) is 117 cm³/mol. The molecule has 2 unspecified atom stereocenters. The van der Waals surface area contributed by atoms with E-state index < -0.39 is 0 Å². The number of benzene rings is 2. The molecule has 1 N–H and O–H groups in total. The summed E-state index contributed by atoms with van der Waals surface area (Å²) < 4.78 is 0. The highest BCUT2D eigenvalue weighted by atomic mass is 16.2. The lowest BCUT2D eigenvalue weighted by Crippen LogP contribution is -2.36. The van der Waals surface area contributed by atoms with Gasteiger partial charge in [0.2, 0.25) is 5.91 Å². The zero-order chi connectivity index (χ0) is 21.0. The fourth-order valence-corrected chi connectivity index (χ4v) is 3.88. The maximum Gasteiger partial charge on any atom is 0.253 e. The first kappa shape index (κ1) is 21.1. The summed E-state index contributed by atoms with van der Waals surface area (Å²) in [5.41, 5.74) is 4.12. The van der Waals surface area contributed by atoms with E-state index in [1.54, 1.807) is 0 Å². The Morgan fingerprint density at radius 3 is 2.14 bits per heavy atom. The van der Waals surface area contributed by atoms with Crippen LogP contribution in [0.2, 0.25) is 0 Å². The van der Waals surface area contributed by atoms with E-state index in [0.29, 0.717) is 31.1 Å². The van der Waals surface area contributed by atoms with Gasteiger partial charge in [-0.05, 0) is 43.9 Å². The van der Waals surface area contributed by atoms with Gasteiger partial charge in [-0.2, -0.15) is 0 Å². The Labute approximate surface area is 174 Å². The number of hydrogen-bond donors (Lipinski definition) is 1. The summed E-state index contributed by atoms with van der Waals surface area (Å²) in [6, 6.07) is 16.0. The minimum atomic E-state index is -0.223. The van der Waals surface area contributed by atoms with Crippen molar-refractivity contribution in [3.8, 4) is 0 Å². The summed E-state index contributed by atoms with van der Waals surface area (Å²) in [6.45, 7) is 10.1. The average Bonchev–Trinajstić information content (AvgIpc) is 3.14. The van der Waals surface area contributed by atoms with Gasteiger partial charge in [0.1, 0.15) is 0 Å². The molecule has 29 heavy (non-hydrogen) atoms. The van der Waals surface area contributed by atoms with E-state index in [4.69, 9.17) is 0 Å². The van der Waals surface area contributed by atoms with Gasteiger partial charge in [-0.3, -0.25) is 9.59 Å². The second-order valence-corrected chi connectivity index (χ2v) is 8.67. The monoisotopic (exact) mass is 392 g/mol. The van der Waals surface area contributed by atoms with E-state index in [1.165, 1.54) is 5.56 Å². The predicted octanol–water partition coefficient (Wildman–Crippen LogP) is 4.32. The molecule has 1 saturated heterocycles. The quantitative estimate of drug-likeness (QED) is 0.796. The number of likely N-dealkylation sites (tertiary alicyclic amines) is 1. The van der Waals surface area contributed by atoms with Gasteiger partial charge in [0.25, 0.3) is 5.91 Å². The normalized spacial score (nSPS) is 18.9. The van der Waals surface area contributed by atoms with E-state index in [9.17, 15) is 9.59 Å². The van der Waals surface area contributed by atoms with Gasteiger partial charge >= 0.3 is 0 Å². The zero-order valence-electron chi connectivity index (χ0n) is 17.9. The molecular formula is C25H32N2O2. The van der Waals surface area contributed by atoms with Crippen LogP contribution in [0.5, 0.6) is 0 Å². The smallest absolute Gasteiger partial charge is 0.253 e. The lowest BCUT2D eigenvalue weighted by molar-refractivity contribution is -0.124. The van der Waals surface area contributed by atoms with Crippen LogP contribution in [0.15, 0.2) is 48.5 Å².